The van der Waals surface area contributed by atoms with Crippen LogP contribution in [0.3, 0.4) is 0 Å². The minimum atomic E-state index is 0.00689. The van der Waals surface area contributed by atoms with Gasteiger partial charge in [-0.15, -0.1) is 0 Å². The van der Waals surface area contributed by atoms with Gasteiger partial charge in [-0.3, -0.25) is 4.79 Å². The third kappa shape index (κ3) is 4.64. The van der Waals surface area contributed by atoms with E-state index < -0.39 is 0 Å². The number of nitrogens with one attached hydrogen (secondary N) is 1. The third-order valence-electron chi connectivity index (χ3n) is 1.96. The van der Waals surface area contributed by atoms with Gasteiger partial charge in [-0.2, -0.15) is 11.8 Å². The van der Waals surface area contributed by atoms with Gasteiger partial charge in [0, 0.05) is 12.1 Å². The Morgan fingerprint density at radius 3 is 2.75 bits per heavy atom. The van der Waals surface area contributed by atoms with Crippen LogP contribution in [0, 0.1) is 0 Å². The molecule has 0 saturated carbocycles. The van der Waals surface area contributed by atoms with Gasteiger partial charge in [0.1, 0.15) is 0 Å². The van der Waals surface area contributed by atoms with Crippen LogP contribution in [0.1, 0.15) is 12.8 Å². The van der Waals surface area contributed by atoms with E-state index >= 15 is 0 Å². The largest absolute Gasteiger partial charge is 0.326 e. The van der Waals surface area contributed by atoms with Crippen LogP contribution in [0.4, 0.5) is 5.69 Å². The van der Waals surface area contributed by atoms with Gasteiger partial charge in [0.25, 0.3) is 0 Å². The Morgan fingerprint density at radius 2 is 2.12 bits per heavy atom. The highest BCUT2D eigenvalue weighted by molar-refractivity contribution is 7.98. The quantitative estimate of drug-likeness (QED) is 0.822. The molecule has 0 radical (unpaired) electrons. The molecule has 0 heterocycles. The maximum absolute atomic E-state index is 11.5. The Bertz CT molecular complexity index is 371. The molecule has 16 heavy (non-hydrogen) atoms. The summed E-state index contributed by atoms with van der Waals surface area (Å²) >= 11 is 13.3. The van der Waals surface area contributed by atoms with Crippen molar-refractivity contribution in [3.05, 3.63) is 28.2 Å². The molecule has 2 nitrogen and oxygen atoms in total. The van der Waals surface area contributed by atoms with Gasteiger partial charge in [0.2, 0.25) is 5.91 Å². The molecule has 0 aliphatic heterocycles. The minimum Gasteiger partial charge on any atom is -0.326 e. The van der Waals surface area contributed by atoms with Crippen LogP contribution < -0.4 is 5.32 Å². The summed E-state index contributed by atoms with van der Waals surface area (Å²) in [5.74, 6) is 1.00. The average Bonchev–Trinajstić information content (AvgIpc) is 2.24. The number of carbonyl (C=O) groups is 1. The van der Waals surface area contributed by atoms with E-state index in [0.717, 1.165) is 12.2 Å². The van der Waals surface area contributed by atoms with E-state index in [1.54, 1.807) is 30.0 Å². The fourth-order valence-corrected chi connectivity index (χ4v) is 1.91. The van der Waals surface area contributed by atoms with E-state index in [0.29, 0.717) is 22.2 Å². The van der Waals surface area contributed by atoms with Gasteiger partial charge in [0.15, 0.2) is 0 Å². The van der Waals surface area contributed by atoms with Crippen molar-refractivity contribution in [1.29, 1.82) is 0 Å². The van der Waals surface area contributed by atoms with Crippen molar-refractivity contribution in [3.8, 4) is 0 Å². The molecule has 5 heteroatoms. The number of rotatable bonds is 5. The number of halogens is 2. The Morgan fingerprint density at radius 1 is 1.38 bits per heavy atom. The lowest BCUT2D eigenvalue weighted by Crippen LogP contribution is -2.11. The van der Waals surface area contributed by atoms with Gasteiger partial charge in [-0.25, -0.2) is 0 Å². The maximum atomic E-state index is 11.5. The predicted octanol–water partition coefficient (Wildman–Crippen LogP) is 4.08. The highest BCUT2D eigenvalue weighted by atomic mass is 35.5. The Labute approximate surface area is 110 Å². The first-order chi connectivity index (χ1) is 7.63. The van der Waals surface area contributed by atoms with Crippen LogP contribution in [-0.2, 0) is 4.79 Å². The summed E-state index contributed by atoms with van der Waals surface area (Å²) in [7, 11) is 0. The molecule has 0 fully saturated rings. The number of carbonyl (C=O) groups excluding carboxylic acids is 1. The standard InChI is InChI=1S/C11H13Cl2NOS/c1-16-6-2-3-11(15)14-8-4-5-9(12)10(13)7-8/h4-5,7H,2-3,6H2,1H3,(H,14,15). The van der Waals surface area contributed by atoms with Gasteiger partial charge in [-0.1, -0.05) is 23.2 Å². The van der Waals surface area contributed by atoms with E-state index in [2.05, 4.69) is 5.32 Å². The summed E-state index contributed by atoms with van der Waals surface area (Å²) in [4.78, 5) is 11.5. The second kappa shape index (κ2) is 7.05. The summed E-state index contributed by atoms with van der Waals surface area (Å²) < 4.78 is 0. The number of hydrogen-bond donors (Lipinski definition) is 1. The van der Waals surface area contributed by atoms with E-state index in [4.69, 9.17) is 23.2 Å². The van der Waals surface area contributed by atoms with Crippen molar-refractivity contribution >= 4 is 46.6 Å². The van der Waals surface area contributed by atoms with Crippen molar-refractivity contribution in [1.82, 2.24) is 0 Å². The van der Waals surface area contributed by atoms with Gasteiger partial charge >= 0.3 is 0 Å². The number of anilines is 1. The van der Waals surface area contributed by atoms with Crippen molar-refractivity contribution in [2.45, 2.75) is 12.8 Å². The molecule has 0 aromatic heterocycles. The van der Waals surface area contributed by atoms with E-state index in [1.807, 2.05) is 6.26 Å². The molecule has 1 N–H and O–H groups in total. The summed E-state index contributed by atoms with van der Waals surface area (Å²) in [6.45, 7) is 0. The zero-order valence-electron chi connectivity index (χ0n) is 8.93. The third-order valence-corrected chi connectivity index (χ3v) is 3.39. The monoisotopic (exact) mass is 277 g/mol. The van der Waals surface area contributed by atoms with Gasteiger partial charge in [0.05, 0.1) is 10.0 Å². The number of benzene rings is 1. The lowest BCUT2D eigenvalue weighted by molar-refractivity contribution is -0.116. The normalized spacial score (nSPS) is 10.2. The zero-order valence-corrected chi connectivity index (χ0v) is 11.3. The topological polar surface area (TPSA) is 29.1 Å². The van der Waals surface area contributed by atoms with Crippen LogP contribution in [0.25, 0.3) is 0 Å². The van der Waals surface area contributed by atoms with E-state index in [1.165, 1.54) is 0 Å². The molecule has 0 atom stereocenters. The van der Waals surface area contributed by atoms with Crippen LogP contribution in [0.2, 0.25) is 10.0 Å². The number of thioether (sulfide) groups is 1. The first-order valence-electron chi connectivity index (χ1n) is 4.87. The summed E-state index contributed by atoms with van der Waals surface area (Å²) in [6, 6.07) is 5.05. The van der Waals surface area contributed by atoms with Crippen LogP contribution in [-0.4, -0.2) is 17.9 Å². The highest BCUT2D eigenvalue weighted by Crippen LogP contribution is 2.25. The zero-order chi connectivity index (χ0) is 12.0. The Balaban J connectivity index is 2.46. The molecule has 0 spiro atoms. The molecule has 0 aliphatic rings. The Hall–Kier alpha value is -0.380. The minimum absolute atomic E-state index is 0.00689. The fraction of sp³-hybridized carbons (Fsp3) is 0.364. The molecule has 1 rings (SSSR count). The molecular formula is C11H13Cl2NOS. The van der Waals surface area contributed by atoms with E-state index in [-0.39, 0.29) is 5.91 Å². The van der Waals surface area contributed by atoms with Crippen LogP contribution in [0.15, 0.2) is 18.2 Å². The van der Waals surface area contributed by atoms with Crippen LogP contribution >= 0.6 is 35.0 Å². The van der Waals surface area contributed by atoms with E-state index in [9.17, 15) is 4.79 Å². The SMILES string of the molecule is CSCCCC(=O)Nc1ccc(Cl)c(Cl)c1. The Kier molecular flexibility index (Phi) is 6.03. The van der Waals surface area contributed by atoms with Crippen molar-refractivity contribution in [2.75, 3.05) is 17.3 Å². The summed E-state index contributed by atoms with van der Waals surface area (Å²) in [5, 5.41) is 3.71. The van der Waals surface area contributed by atoms with Gasteiger partial charge in [-0.05, 0) is 36.6 Å². The summed E-state index contributed by atoms with van der Waals surface area (Å²) in [5.41, 5.74) is 0.684. The lowest BCUT2D eigenvalue weighted by Gasteiger charge is -2.05. The number of amides is 1. The number of hydrogen-bond acceptors (Lipinski definition) is 2. The highest BCUT2D eigenvalue weighted by Gasteiger charge is 2.04. The molecule has 0 aliphatic carbocycles. The van der Waals surface area contributed by atoms with Gasteiger partial charge < -0.3 is 5.32 Å². The molecule has 1 aromatic rings. The first kappa shape index (κ1) is 13.7. The maximum Gasteiger partial charge on any atom is 0.224 e. The smallest absolute Gasteiger partial charge is 0.224 e. The van der Waals surface area contributed by atoms with Crippen molar-refractivity contribution < 1.29 is 4.79 Å². The second-order valence-electron chi connectivity index (χ2n) is 3.27. The molecule has 88 valence electrons. The molecule has 1 aromatic carbocycles. The molecule has 0 bridgehead atoms. The summed E-state index contributed by atoms with van der Waals surface area (Å²) in [6.07, 6.45) is 3.44. The molecular weight excluding hydrogens is 265 g/mol. The fourth-order valence-electron chi connectivity index (χ4n) is 1.17. The van der Waals surface area contributed by atoms with Crippen molar-refractivity contribution in [3.63, 3.8) is 0 Å². The lowest BCUT2D eigenvalue weighted by atomic mass is 10.3. The predicted molar refractivity (Wildman–Crippen MR) is 72.7 cm³/mol. The second-order valence-corrected chi connectivity index (χ2v) is 5.07. The average molecular weight is 278 g/mol. The molecule has 0 unspecified atom stereocenters. The molecule has 1 amide bonds. The molecule has 0 saturated heterocycles. The first-order valence-corrected chi connectivity index (χ1v) is 7.02. The van der Waals surface area contributed by atoms with Crippen molar-refractivity contribution in [2.24, 2.45) is 0 Å². The van der Waals surface area contributed by atoms with Crippen LogP contribution in [0.5, 0.6) is 0 Å².